The molecule has 0 radical (unpaired) electrons. The van der Waals surface area contributed by atoms with E-state index in [0.29, 0.717) is 31.4 Å². The Bertz CT molecular complexity index is 914. The Kier molecular flexibility index (Phi) is 7.12. The average molecular weight is 453 g/mol. The molecule has 1 N–H and O–H groups in total. The summed E-state index contributed by atoms with van der Waals surface area (Å²) in [5.41, 5.74) is 1.47. The number of carbonyl (C=O) groups excluding carboxylic acids is 1. The van der Waals surface area contributed by atoms with Gasteiger partial charge in [0.05, 0.1) is 11.4 Å². The quantitative estimate of drug-likeness (QED) is 0.671. The number of carbonyl (C=O) groups is 1. The number of fused-ring (bicyclic) bond motifs is 1. The van der Waals surface area contributed by atoms with Gasteiger partial charge in [-0.2, -0.15) is 0 Å². The van der Waals surface area contributed by atoms with Gasteiger partial charge < -0.3 is 15.0 Å². The van der Waals surface area contributed by atoms with E-state index in [9.17, 15) is 13.2 Å². The predicted molar refractivity (Wildman–Crippen MR) is 122 cm³/mol. The number of nitrogens with one attached hydrogen (secondary N) is 1. The lowest BCUT2D eigenvalue weighted by Gasteiger charge is -2.39. The fraction of sp³-hybridized carbons (Fsp3) is 0.682. The standard InChI is InChI=1S/C22H36N4O4S/c1-16-13-25(17(12-23-16)9-10-30-6)14-21(27)26-15-22(2,3)19-8-7-18(11-20(19)26)31(28,29)24(4)5/h7-8,11,16-17,23H,9-10,12-15H2,1-6H3/t16-,17?/m1/s1. The minimum absolute atomic E-state index is 0.00254. The Labute approximate surface area is 186 Å². The predicted octanol–water partition coefficient (Wildman–Crippen LogP) is 1.26. The molecule has 1 fully saturated rings. The molecule has 1 aromatic carbocycles. The molecule has 31 heavy (non-hydrogen) atoms. The molecule has 2 atom stereocenters. The Morgan fingerprint density at radius 1 is 1.32 bits per heavy atom. The topological polar surface area (TPSA) is 82.2 Å². The number of ether oxygens (including phenoxy) is 1. The lowest BCUT2D eigenvalue weighted by atomic mass is 9.87. The molecule has 0 bridgehead atoms. The minimum Gasteiger partial charge on any atom is -0.385 e. The van der Waals surface area contributed by atoms with Gasteiger partial charge >= 0.3 is 0 Å². The maximum Gasteiger partial charge on any atom is 0.242 e. The van der Waals surface area contributed by atoms with E-state index in [1.807, 2.05) is 6.07 Å². The van der Waals surface area contributed by atoms with Crippen molar-refractivity contribution in [1.82, 2.24) is 14.5 Å². The van der Waals surface area contributed by atoms with Gasteiger partial charge in [-0.25, -0.2) is 12.7 Å². The summed E-state index contributed by atoms with van der Waals surface area (Å²) in [7, 11) is 1.15. The van der Waals surface area contributed by atoms with Crippen LogP contribution in [0.2, 0.25) is 0 Å². The molecular formula is C22H36N4O4S. The second kappa shape index (κ2) is 9.15. The molecule has 8 nitrogen and oxygen atoms in total. The van der Waals surface area contributed by atoms with Gasteiger partial charge in [-0.15, -0.1) is 0 Å². The highest BCUT2D eigenvalue weighted by atomic mass is 32.2. The highest BCUT2D eigenvalue weighted by molar-refractivity contribution is 7.89. The third-order valence-electron chi connectivity index (χ3n) is 6.34. The largest absolute Gasteiger partial charge is 0.385 e. The summed E-state index contributed by atoms with van der Waals surface area (Å²) in [6.07, 6.45) is 0.858. The van der Waals surface area contributed by atoms with Crippen LogP contribution in [0, 0.1) is 0 Å². The van der Waals surface area contributed by atoms with Crippen molar-refractivity contribution in [2.45, 2.75) is 49.6 Å². The lowest BCUT2D eigenvalue weighted by molar-refractivity contribution is -0.120. The molecule has 174 valence electrons. The van der Waals surface area contributed by atoms with Gasteiger partial charge in [-0.3, -0.25) is 9.69 Å². The molecule has 1 amide bonds. The third-order valence-corrected chi connectivity index (χ3v) is 8.15. The monoisotopic (exact) mass is 452 g/mol. The van der Waals surface area contributed by atoms with Gasteiger partial charge in [0.25, 0.3) is 0 Å². The molecule has 0 aromatic heterocycles. The Balaban J connectivity index is 1.87. The van der Waals surface area contributed by atoms with Crippen LogP contribution in [0.5, 0.6) is 0 Å². The molecule has 2 aliphatic heterocycles. The fourth-order valence-electron chi connectivity index (χ4n) is 4.49. The van der Waals surface area contributed by atoms with Crippen molar-refractivity contribution in [3.05, 3.63) is 23.8 Å². The first-order valence-corrected chi connectivity index (χ1v) is 12.2. The number of hydrogen-bond donors (Lipinski definition) is 1. The molecule has 0 saturated carbocycles. The Morgan fingerprint density at radius 3 is 2.68 bits per heavy atom. The van der Waals surface area contributed by atoms with Gasteiger partial charge in [0.15, 0.2) is 0 Å². The Morgan fingerprint density at radius 2 is 2.03 bits per heavy atom. The normalized spacial score (nSPS) is 23.9. The number of anilines is 1. The minimum atomic E-state index is -3.58. The number of hydrogen-bond acceptors (Lipinski definition) is 6. The van der Waals surface area contributed by atoms with Gasteiger partial charge in [0.2, 0.25) is 15.9 Å². The number of sulfonamides is 1. The van der Waals surface area contributed by atoms with E-state index in [2.05, 4.69) is 31.0 Å². The molecule has 1 saturated heterocycles. The number of methoxy groups -OCH3 is 1. The van der Waals surface area contributed by atoms with Crippen LogP contribution in [0.15, 0.2) is 23.1 Å². The van der Waals surface area contributed by atoms with Gasteiger partial charge in [-0.1, -0.05) is 19.9 Å². The third kappa shape index (κ3) is 4.96. The molecule has 3 rings (SSSR count). The summed E-state index contributed by atoms with van der Waals surface area (Å²) < 4.78 is 31.8. The van der Waals surface area contributed by atoms with Crippen molar-refractivity contribution in [2.24, 2.45) is 0 Å². The Hall–Kier alpha value is -1.52. The summed E-state index contributed by atoms with van der Waals surface area (Å²) in [6.45, 7) is 9.41. The number of nitrogens with zero attached hydrogens (tertiary/aromatic N) is 3. The van der Waals surface area contributed by atoms with Crippen molar-refractivity contribution < 1.29 is 17.9 Å². The number of benzene rings is 1. The van der Waals surface area contributed by atoms with Crippen molar-refractivity contribution in [1.29, 1.82) is 0 Å². The van der Waals surface area contributed by atoms with Crippen molar-refractivity contribution in [3.8, 4) is 0 Å². The number of rotatable bonds is 7. The molecule has 9 heteroatoms. The van der Waals surface area contributed by atoms with E-state index >= 15 is 0 Å². The first-order chi connectivity index (χ1) is 14.5. The van der Waals surface area contributed by atoms with Gasteiger partial charge in [0.1, 0.15) is 0 Å². The summed E-state index contributed by atoms with van der Waals surface area (Å²) in [4.78, 5) is 17.7. The summed E-state index contributed by atoms with van der Waals surface area (Å²) in [5, 5.41) is 3.48. The first-order valence-electron chi connectivity index (χ1n) is 10.8. The zero-order valence-corrected chi connectivity index (χ0v) is 20.3. The highest BCUT2D eigenvalue weighted by Crippen LogP contribution is 2.42. The maximum atomic E-state index is 13.5. The van der Waals surface area contributed by atoms with E-state index < -0.39 is 10.0 Å². The average Bonchev–Trinajstić information content (AvgIpc) is 2.98. The van der Waals surface area contributed by atoms with Crippen molar-refractivity contribution in [3.63, 3.8) is 0 Å². The SMILES string of the molecule is COCCC1CN[C@H](C)CN1CC(=O)N1CC(C)(C)c2ccc(S(=O)(=O)N(C)C)cc21. The van der Waals surface area contributed by atoms with Gasteiger partial charge in [-0.05, 0) is 31.0 Å². The smallest absolute Gasteiger partial charge is 0.242 e. The number of amides is 1. The van der Waals surface area contributed by atoms with Crippen LogP contribution in [0.4, 0.5) is 5.69 Å². The highest BCUT2D eigenvalue weighted by Gasteiger charge is 2.40. The molecule has 1 aromatic rings. The van der Waals surface area contributed by atoms with Crippen LogP contribution in [0.1, 0.15) is 32.8 Å². The van der Waals surface area contributed by atoms with Crippen molar-refractivity contribution in [2.75, 3.05) is 58.9 Å². The van der Waals surface area contributed by atoms with Crippen molar-refractivity contribution >= 4 is 21.6 Å². The van der Waals surface area contributed by atoms with Gasteiger partial charge in [0, 0.05) is 70.6 Å². The van der Waals surface area contributed by atoms with E-state index in [-0.39, 0.29) is 22.3 Å². The zero-order valence-electron chi connectivity index (χ0n) is 19.5. The van der Waals surface area contributed by atoms with E-state index in [1.165, 1.54) is 18.4 Å². The summed E-state index contributed by atoms with van der Waals surface area (Å²) in [6, 6.07) is 5.69. The van der Waals surface area contributed by atoms with E-state index in [0.717, 1.165) is 25.1 Å². The van der Waals surface area contributed by atoms with Crippen LogP contribution in [-0.2, 0) is 25.0 Å². The van der Waals surface area contributed by atoms with Crippen LogP contribution in [0.25, 0.3) is 0 Å². The van der Waals surface area contributed by atoms with Crippen LogP contribution < -0.4 is 10.2 Å². The second-order valence-electron chi connectivity index (χ2n) is 9.50. The number of piperazine rings is 1. The van der Waals surface area contributed by atoms with Crippen LogP contribution in [-0.4, -0.2) is 89.6 Å². The van der Waals surface area contributed by atoms with E-state index in [1.54, 1.807) is 24.1 Å². The van der Waals surface area contributed by atoms with Crippen LogP contribution >= 0.6 is 0 Å². The lowest BCUT2D eigenvalue weighted by Crippen LogP contribution is -2.58. The van der Waals surface area contributed by atoms with Crippen LogP contribution in [0.3, 0.4) is 0 Å². The first kappa shape index (κ1) is 24.1. The molecule has 0 spiro atoms. The molecular weight excluding hydrogens is 416 g/mol. The fourth-order valence-corrected chi connectivity index (χ4v) is 5.41. The maximum absolute atomic E-state index is 13.5. The summed E-state index contributed by atoms with van der Waals surface area (Å²) >= 11 is 0. The zero-order chi connectivity index (χ0) is 23.0. The second-order valence-corrected chi connectivity index (χ2v) is 11.7. The molecule has 0 aliphatic carbocycles. The molecule has 1 unspecified atom stereocenters. The molecule has 2 heterocycles. The summed E-state index contributed by atoms with van der Waals surface area (Å²) in [5.74, 6) is 0.00254. The molecule has 2 aliphatic rings. The van der Waals surface area contributed by atoms with E-state index in [4.69, 9.17) is 4.74 Å².